The Morgan fingerprint density at radius 3 is 2.89 bits per heavy atom. The van der Waals surface area contributed by atoms with Gasteiger partial charge in [-0.15, -0.1) is 11.3 Å². The Morgan fingerprint density at radius 2 is 2.16 bits per heavy atom. The van der Waals surface area contributed by atoms with Crippen molar-refractivity contribution in [3.8, 4) is 0 Å². The molecule has 2 nitrogen and oxygen atoms in total. The average molecular weight is 285 g/mol. The molecule has 19 heavy (non-hydrogen) atoms. The minimum atomic E-state index is -2.39. The van der Waals surface area contributed by atoms with E-state index in [0.717, 1.165) is 0 Å². The van der Waals surface area contributed by atoms with E-state index in [1.54, 1.807) is 11.3 Å². The minimum absolute atomic E-state index is 0.125. The number of alkyl halides is 2. The van der Waals surface area contributed by atoms with E-state index in [9.17, 15) is 8.78 Å². The van der Waals surface area contributed by atoms with Crippen molar-refractivity contribution in [2.75, 3.05) is 20.3 Å². The average Bonchev–Trinajstić information content (AvgIpc) is 2.87. The second kappa shape index (κ2) is 6.93. The highest BCUT2D eigenvalue weighted by Gasteiger charge is 2.13. The van der Waals surface area contributed by atoms with Gasteiger partial charge in [-0.1, -0.05) is 18.2 Å². The Hall–Kier alpha value is -1.04. The number of ether oxygens (including phenoxy) is 1. The van der Waals surface area contributed by atoms with E-state index in [4.69, 9.17) is 4.74 Å². The number of halogens is 2. The molecule has 1 aromatic carbocycles. The highest BCUT2D eigenvalue weighted by atomic mass is 32.1. The second-order valence-electron chi connectivity index (χ2n) is 4.28. The molecule has 1 unspecified atom stereocenters. The van der Waals surface area contributed by atoms with Crippen LogP contribution in [0.15, 0.2) is 29.6 Å². The van der Waals surface area contributed by atoms with E-state index < -0.39 is 13.0 Å². The van der Waals surface area contributed by atoms with Crippen LogP contribution in [0.2, 0.25) is 0 Å². The summed E-state index contributed by atoms with van der Waals surface area (Å²) < 4.78 is 30.2. The SMILES string of the molecule is CNC(CCOCC(F)F)c1cccc2ccsc12. The predicted octanol–water partition coefficient (Wildman–Crippen LogP) is 3.83. The first-order valence-corrected chi connectivity index (χ1v) is 7.09. The van der Waals surface area contributed by atoms with Crippen LogP contribution >= 0.6 is 11.3 Å². The van der Waals surface area contributed by atoms with Crippen LogP contribution < -0.4 is 5.32 Å². The summed E-state index contributed by atoms with van der Waals surface area (Å²) in [5.41, 5.74) is 1.20. The maximum absolute atomic E-state index is 12.0. The van der Waals surface area contributed by atoms with Crippen molar-refractivity contribution in [1.82, 2.24) is 5.32 Å². The van der Waals surface area contributed by atoms with Crippen molar-refractivity contribution in [3.05, 3.63) is 35.2 Å². The molecule has 1 N–H and O–H groups in total. The van der Waals surface area contributed by atoms with Crippen LogP contribution in [-0.4, -0.2) is 26.7 Å². The summed E-state index contributed by atoms with van der Waals surface area (Å²) in [7, 11) is 1.88. The quantitative estimate of drug-likeness (QED) is 0.781. The normalized spacial score (nSPS) is 13.3. The summed E-state index contributed by atoms with van der Waals surface area (Å²) in [4.78, 5) is 0. The molecule has 0 aliphatic heterocycles. The van der Waals surface area contributed by atoms with Gasteiger partial charge < -0.3 is 10.1 Å². The van der Waals surface area contributed by atoms with Gasteiger partial charge in [-0.25, -0.2) is 8.78 Å². The van der Waals surface area contributed by atoms with Gasteiger partial charge in [0.15, 0.2) is 0 Å². The maximum Gasteiger partial charge on any atom is 0.261 e. The van der Waals surface area contributed by atoms with Crippen molar-refractivity contribution in [2.24, 2.45) is 0 Å². The fourth-order valence-corrected chi connectivity index (χ4v) is 3.09. The molecule has 1 aromatic heterocycles. The molecule has 5 heteroatoms. The lowest BCUT2D eigenvalue weighted by molar-refractivity contribution is 0.0146. The lowest BCUT2D eigenvalue weighted by Gasteiger charge is -2.17. The van der Waals surface area contributed by atoms with Gasteiger partial charge in [0.2, 0.25) is 0 Å². The number of thiophene rings is 1. The molecule has 0 radical (unpaired) electrons. The first kappa shape index (κ1) is 14.4. The summed E-state index contributed by atoms with van der Waals surface area (Å²) in [6.07, 6.45) is -1.71. The van der Waals surface area contributed by atoms with Crippen molar-refractivity contribution in [3.63, 3.8) is 0 Å². The van der Waals surface area contributed by atoms with Crippen molar-refractivity contribution in [1.29, 1.82) is 0 Å². The van der Waals surface area contributed by atoms with E-state index in [2.05, 4.69) is 28.9 Å². The smallest absolute Gasteiger partial charge is 0.261 e. The van der Waals surface area contributed by atoms with E-state index in [0.29, 0.717) is 13.0 Å². The van der Waals surface area contributed by atoms with Gasteiger partial charge >= 0.3 is 0 Å². The molecular formula is C14H17F2NOS. The molecule has 1 heterocycles. The zero-order valence-corrected chi connectivity index (χ0v) is 11.6. The largest absolute Gasteiger partial charge is 0.375 e. The summed E-state index contributed by atoms with van der Waals surface area (Å²) in [6, 6.07) is 8.39. The standard InChI is InChI=1S/C14H17F2NOS/c1-17-12(5-7-18-9-13(15)16)11-4-2-3-10-6-8-19-14(10)11/h2-4,6,8,12-13,17H,5,7,9H2,1H3. The molecule has 0 spiro atoms. The molecule has 0 amide bonds. The Balaban J connectivity index is 2.03. The lowest BCUT2D eigenvalue weighted by Crippen LogP contribution is -2.19. The van der Waals surface area contributed by atoms with Crippen LogP contribution in [0.4, 0.5) is 8.78 Å². The van der Waals surface area contributed by atoms with Crippen LogP contribution in [0.1, 0.15) is 18.0 Å². The zero-order chi connectivity index (χ0) is 13.7. The molecular weight excluding hydrogens is 268 g/mol. The van der Waals surface area contributed by atoms with Crippen LogP contribution in [0.3, 0.4) is 0 Å². The van der Waals surface area contributed by atoms with E-state index in [1.165, 1.54) is 15.6 Å². The fourth-order valence-electron chi connectivity index (χ4n) is 2.12. The van der Waals surface area contributed by atoms with E-state index in [1.807, 2.05) is 13.1 Å². The number of nitrogens with one attached hydrogen (secondary N) is 1. The third-order valence-electron chi connectivity index (χ3n) is 3.03. The zero-order valence-electron chi connectivity index (χ0n) is 10.7. The second-order valence-corrected chi connectivity index (χ2v) is 5.20. The van der Waals surface area contributed by atoms with Crippen LogP contribution in [-0.2, 0) is 4.74 Å². The molecule has 0 bridgehead atoms. The van der Waals surface area contributed by atoms with Crippen molar-refractivity contribution < 1.29 is 13.5 Å². The third-order valence-corrected chi connectivity index (χ3v) is 4.01. The molecule has 104 valence electrons. The maximum atomic E-state index is 12.0. The van der Waals surface area contributed by atoms with Gasteiger partial charge in [0.25, 0.3) is 6.43 Å². The molecule has 0 aliphatic rings. The van der Waals surface area contributed by atoms with Gasteiger partial charge in [0.05, 0.1) is 0 Å². The Kier molecular flexibility index (Phi) is 5.24. The number of hydrogen-bond donors (Lipinski definition) is 1. The first-order chi connectivity index (χ1) is 9.22. The van der Waals surface area contributed by atoms with Gasteiger partial charge in [0, 0.05) is 17.3 Å². The third kappa shape index (κ3) is 3.72. The van der Waals surface area contributed by atoms with Gasteiger partial charge in [0.1, 0.15) is 6.61 Å². The Bertz CT molecular complexity index is 515. The highest BCUT2D eigenvalue weighted by Crippen LogP contribution is 2.30. The van der Waals surface area contributed by atoms with E-state index >= 15 is 0 Å². The van der Waals surface area contributed by atoms with Crippen LogP contribution in [0, 0.1) is 0 Å². The molecule has 1 atom stereocenters. The van der Waals surface area contributed by atoms with Crippen molar-refractivity contribution >= 4 is 21.4 Å². The molecule has 0 saturated carbocycles. The summed E-state index contributed by atoms with van der Waals surface area (Å²) in [6.45, 7) is -0.156. The summed E-state index contributed by atoms with van der Waals surface area (Å²) in [5.74, 6) is 0. The lowest BCUT2D eigenvalue weighted by atomic mass is 10.0. The number of rotatable bonds is 7. The molecule has 2 aromatic rings. The molecule has 0 saturated heterocycles. The molecule has 2 rings (SSSR count). The fraction of sp³-hybridized carbons (Fsp3) is 0.429. The number of fused-ring (bicyclic) bond motifs is 1. The van der Waals surface area contributed by atoms with Crippen LogP contribution in [0.5, 0.6) is 0 Å². The van der Waals surface area contributed by atoms with Gasteiger partial charge in [-0.3, -0.25) is 0 Å². The van der Waals surface area contributed by atoms with Gasteiger partial charge in [-0.05, 0) is 35.9 Å². The van der Waals surface area contributed by atoms with Crippen LogP contribution in [0.25, 0.3) is 10.1 Å². The van der Waals surface area contributed by atoms with Crippen molar-refractivity contribution in [2.45, 2.75) is 18.9 Å². The Morgan fingerprint density at radius 1 is 1.32 bits per heavy atom. The molecule has 0 aliphatic carbocycles. The minimum Gasteiger partial charge on any atom is -0.375 e. The number of hydrogen-bond acceptors (Lipinski definition) is 3. The van der Waals surface area contributed by atoms with Gasteiger partial charge in [-0.2, -0.15) is 0 Å². The Labute approximate surface area is 115 Å². The summed E-state index contributed by atoms with van der Waals surface area (Å²) in [5, 5.41) is 6.51. The topological polar surface area (TPSA) is 21.3 Å². The highest BCUT2D eigenvalue weighted by molar-refractivity contribution is 7.17. The van der Waals surface area contributed by atoms with E-state index in [-0.39, 0.29) is 6.04 Å². The number of benzene rings is 1. The first-order valence-electron chi connectivity index (χ1n) is 6.21. The summed E-state index contributed by atoms with van der Waals surface area (Å²) >= 11 is 1.70. The monoisotopic (exact) mass is 285 g/mol. The predicted molar refractivity (Wildman–Crippen MR) is 75.1 cm³/mol. The molecule has 0 fully saturated rings.